The number of para-hydroxylation sites is 2. The van der Waals surface area contributed by atoms with Crippen LogP contribution < -0.4 is 15.5 Å². The molecule has 1 saturated heterocycles. The van der Waals surface area contributed by atoms with E-state index in [2.05, 4.69) is 0 Å². The highest BCUT2D eigenvalue weighted by Gasteiger charge is 2.44. The minimum absolute atomic E-state index is 0.149. The molecule has 0 radical (unpaired) electrons. The van der Waals surface area contributed by atoms with Crippen LogP contribution in [0.4, 0.5) is 16.2 Å². The molecule has 24 heavy (non-hydrogen) atoms. The second-order valence-corrected chi connectivity index (χ2v) is 6.21. The Kier molecular flexibility index (Phi) is 4.52. The molecule has 0 unspecified atom stereocenters. The lowest BCUT2D eigenvalue weighted by Crippen LogP contribution is -2.45. The number of thioether (sulfide) groups is 1. The quantitative estimate of drug-likeness (QED) is 0.901. The van der Waals surface area contributed by atoms with Gasteiger partial charge in [0.2, 0.25) is 5.91 Å². The average Bonchev–Trinajstić information content (AvgIpc) is 2.88. The maximum atomic E-state index is 12.8. The highest BCUT2D eigenvalue weighted by atomic mass is 32.2. The fourth-order valence-corrected chi connectivity index (χ4v) is 3.52. The Hall–Kier alpha value is -2.80. The van der Waals surface area contributed by atoms with Gasteiger partial charge in [-0.3, -0.25) is 14.4 Å². The number of nitrogens with zero attached hydrogens (tertiary/aromatic N) is 2. The van der Waals surface area contributed by atoms with Gasteiger partial charge in [-0.05, 0) is 36.0 Å². The van der Waals surface area contributed by atoms with E-state index in [4.69, 9.17) is 5.73 Å². The number of rotatable bonds is 5. The van der Waals surface area contributed by atoms with Gasteiger partial charge in [0.1, 0.15) is 0 Å². The maximum absolute atomic E-state index is 12.8. The Morgan fingerprint density at radius 2 is 1.62 bits per heavy atom. The van der Waals surface area contributed by atoms with Crippen molar-refractivity contribution < 1.29 is 14.4 Å². The highest BCUT2D eigenvalue weighted by molar-refractivity contribution is 8.16. The molecular weight excluding hydrogens is 326 g/mol. The van der Waals surface area contributed by atoms with Crippen LogP contribution in [-0.4, -0.2) is 29.0 Å². The molecule has 0 aliphatic carbocycles. The van der Waals surface area contributed by atoms with Gasteiger partial charge >= 0.3 is 0 Å². The molecule has 3 rings (SSSR count). The van der Waals surface area contributed by atoms with Crippen LogP contribution in [0.3, 0.4) is 0 Å². The molecule has 1 fully saturated rings. The molecule has 1 heterocycles. The molecule has 0 aromatic heterocycles. The van der Waals surface area contributed by atoms with Crippen molar-refractivity contribution in [1.82, 2.24) is 0 Å². The van der Waals surface area contributed by atoms with Gasteiger partial charge in [0.05, 0.1) is 12.2 Å². The van der Waals surface area contributed by atoms with Crippen LogP contribution >= 0.6 is 11.8 Å². The van der Waals surface area contributed by atoms with Crippen molar-refractivity contribution in [2.24, 2.45) is 5.73 Å². The number of hydrogen-bond acceptors (Lipinski definition) is 5. The van der Waals surface area contributed by atoms with E-state index in [0.717, 1.165) is 16.7 Å². The molecule has 122 valence electrons. The number of anilines is 2. The SMILES string of the molecule is NC(=O)CN(c1ccccc1)[C@H]1SC(=O)N(c2ccccc2)C1=O. The molecule has 2 N–H and O–H groups in total. The summed E-state index contributed by atoms with van der Waals surface area (Å²) in [6.45, 7) is -0.149. The van der Waals surface area contributed by atoms with Gasteiger partial charge in [0, 0.05) is 5.69 Å². The zero-order chi connectivity index (χ0) is 17.1. The molecule has 1 atom stereocenters. The first-order valence-electron chi connectivity index (χ1n) is 7.27. The zero-order valence-electron chi connectivity index (χ0n) is 12.7. The van der Waals surface area contributed by atoms with Crippen molar-refractivity contribution in [2.45, 2.75) is 5.37 Å². The standard InChI is InChI=1S/C17H15N3O3S/c18-14(21)11-19(12-7-3-1-4-8-12)16-15(22)20(17(23)24-16)13-9-5-2-6-10-13/h1-10,16H,11H2,(H2,18,21)/t16-/m0/s1. The summed E-state index contributed by atoms with van der Waals surface area (Å²) in [6.07, 6.45) is 0. The summed E-state index contributed by atoms with van der Waals surface area (Å²) < 4.78 is 0. The van der Waals surface area contributed by atoms with E-state index in [0.29, 0.717) is 11.4 Å². The van der Waals surface area contributed by atoms with Gasteiger partial charge in [0.15, 0.2) is 5.37 Å². The number of imide groups is 1. The molecule has 0 spiro atoms. The lowest BCUT2D eigenvalue weighted by molar-refractivity contribution is -0.117. The Balaban J connectivity index is 1.93. The second kappa shape index (κ2) is 6.76. The maximum Gasteiger partial charge on any atom is 0.295 e. The summed E-state index contributed by atoms with van der Waals surface area (Å²) in [5.41, 5.74) is 6.49. The van der Waals surface area contributed by atoms with Crippen LogP contribution in [0.5, 0.6) is 0 Å². The summed E-state index contributed by atoms with van der Waals surface area (Å²) in [5.74, 6) is -0.959. The third kappa shape index (κ3) is 3.11. The van der Waals surface area contributed by atoms with Crippen molar-refractivity contribution in [3.8, 4) is 0 Å². The number of amides is 3. The van der Waals surface area contributed by atoms with Crippen LogP contribution in [0.15, 0.2) is 60.7 Å². The molecular formula is C17H15N3O3S. The third-order valence-electron chi connectivity index (χ3n) is 3.54. The minimum atomic E-state index is -0.826. The van der Waals surface area contributed by atoms with Crippen LogP contribution in [0, 0.1) is 0 Å². The zero-order valence-corrected chi connectivity index (χ0v) is 13.5. The fraction of sp³-hybridized carbons (Fsp3) is 0.118. The summed E-state index contributed by atoms with van der Waals surface area (Å²) in [7, 11) is 0. The van der Waals surface area contributed by atoms with Gasteiger partial charge in [-0.15, -0.1) is 0 Å². The Morgan fingerprint density at radius 1 is 1.04 bits per heavy atom. The van der Waals surface area contributed by atoms with E-state index in [1.165, 1.54) is 0 Å². The van der Waals surface area contributed by atoms with Crippen LogP contribution in [0.2, 0.25) is 0 Å². The predicted molar refractivity (Wildman–Crippen MR) is 93.7 cm³/mol. The minimum Gasteiger partial charge on any atom is -0.368 e. The second-order valence-electron chi connectivity index (χ2n) is 5.18. The Labute approximate surface area is 143 Å². The largest absolute Gasteiger partial charge is 0.368 e. The monoisotopic (exact) mass is 341 g/mol. The smallest absolute Gasteiger partial charge is 0.295 e. The topological polar surface area (TPSA) is 83.7 Å². The molecule has 3 amide bonds. The molecule has 2 aromatic carbocycles. The van der Waals surface area contributed by atoms with Gasteiger partial charge < -0.3 is 10.6 Å². The highest BCUT2D eigenvalue weighted by Crippen LogP contribution is 2.35. The number of hydrogen-bond donors (Lipinski definition) is 1. The molecule has 0 bridgehead atoms. The summed E-state index contributed by atoms with van der Waals surface area (Å²) in [5, 5.41) is -1.20. The lowest BCUT2D eigenvalue weighted by Gasteiger charge is -2.27. The van der Waals surface area contributed by atoms with E-state index in [9.17, 15) is 14.4 Å². The van der Waals surface area contributed by atoms with Gasteiger partial charge in [-0.1, -0.05) is 36.4 Å². The van der Waals surface area contributed by atoms with Gasteiger partial charge in [0.25, 0.3) is 11.1 Å². The first-order chi connectivity index (χ1) is 11.6. The van der Waals surface area contributed by atoms with Crippen molar-refractivity contribution in [1.29, 1.82) is 0 Å². The fourth-order valence-electron chi connectivity index (χ4n) is 2.50. The van der Waals surface area contributed by atoms with Gasteiger partial charge in [-0.25, -0.2) is 4.90 Å². The molecule has 7 heteroatoms. The van der Waals surface area contributed by atoms with E-state index in [1.807, 2.05) is 12.1 Å². The average molecular weight is 341 g/mol. The van der Waals surface area contributed by atoms with Crippen molar-refractivity contribution in [3.63, 3.8) is 0 Å². The number of benzene rings is 2. The van der Waals surface area contributed by atoms with Crippen LogP contribution in [-0.2, 0) is 9.59 Å². The lowest BCUT2D eigenvalue weighted by atomic mass is 10.2. The van der Waals surface area contributed by atoms with Crippen molar-refractivity contribution >= 4 is 40.2 Å². The molecule has 1 aliphatic rings. The van der Waals surface area contributed by atoms with Crippen molar-refractivity contribution in [2.75, 3.05) is 16.3 Å². The van der Waals surface area contributed by atoms with Crippen molar-refractivity contribution in [3.05, 3.63) is 60.7 Å². The molecule has 0 saturated carbocycles. The van der Waals surface area contributed by atoms with Crippen LogP contribution in [0.1, 0.15) is 0 Å². The Morgan fingerprint density at radius 3 is 2.21 bits per heavy atom. The molecule has 6 nitrogen and oxygen atoms in total. The van der Waals surface area contributed by atoms with E-state index in [1.54, 1.807) is 53.4 Å². The summed E-state index contributed by atoms with van der Waals surface area (Å²) in [6, 6.07) is 17.7. The normalized spacial score (nSPS) is 17.2. The number of carbonyl (C=O) groups is 3. The van der Waals surface area contributed by atoms with Gasteiger partial charge in [-0.2, -0.15) is 0 Å². The van der Waals surface area contributed by atoms with E-state index >= 15 is 0 Å². The van der Waals surface area contributed by atoms with Crippen LogP contribution in [0.25, 0.3) is 0 Å². The number of carbonyl (C=O) groups excluding carboxylic acids is 3. The molecule has 1 aliphatic heterocycles. The third-order valence-corrected chi connectivity index (χ3v) is 4.60. The summed E-state index contributed by atoms with van der Waals surface area (Å²) in [4.78, 5) is 39.3. The molecule has 2 aromatic rings. The first kappa shape index (κ1) is 16.1. The predicted octanol–water partition coefficient (Wildman–Crippen LogP) is 2.20. The Bertz CT molecular complexity index is 767. The number of nitrogens with two attached hydrogens (primary N) is 1. The first-order valence-corrected chi connectivity index (χ1v) is 8.15. The van der Waals surface area contributed by atoms with E-state index < -0.39 is 11.3 Å². The van der Waals surface area contributed by atoms with E-state index in [-0.39, 0.29) is 17.7 Å². The number of primary amides is 1. The summed E-state index contributed by atoms with van der Waals surface area (Å²) >= 11 is 0.877.